The lowest BCUT2D eigenvalue weighted by atomic mass is 9.91. The number of hydrogen-bond donors (Lipinski definition) is 1. The van der Waals surface area contributed by atoms with Gasteiger partial charge in [0, 0.05) is 34.7 Å². The zero-order chi connectivity index (χ0) is 20.3. The molecule has 0 aromatic heterocycles. The van der Waals surface area contributed by atoms with E-state index in [1.807, 2.05) is 30.9 Å². The lowest BCUT2D eigenvalue weighted by Gasteiger charge is -2.40. The molecule has 0 unspecified atom stereocenters. The van der Waals surface area contributed by atoms with E-state index in [0.717, 1.165) is 36.0 Å². The molecule has 28 heavy (non-hydrogen) atoms. The third-order valence-electron chi connectivity index (χ3n) is 5.24. The molecular weight excluding hydrogens is 463 g/mol. The smallest absolute Gasteiger partial charge is 0.254 e. The third kappa shape index (κ3) is 5.34. The highest BCUT2D eigenvalue weighted by molar-refractivity contribution is 14.1. The summed E-state index contributed by atoms with van der Waals surface area (Å²) >= 11 is 2.30. The van der Waals surface area contributed by atoms with Crippen molar-refractivity contribution in [1.29, 1.82) is 0 Å². The molecule has 0 saturated carbocycles. The number of piperidine rings is 1. The van der Waals surface area contributed by atoms with E-state index in [9.17, 15) is 9.59 Å². The van der Waals surface area contributed by atoms with Crippen molar-refractivity contribution in [2.45, 2.75) is 52.1 Å². The number of benzene rings is 2. The van der Waals surface area contributed by atoms with Crippen LogP contribution in [0.15, 0.2) is 42.5 Å². The Hall–Kier alpha value is -1.89. The van der Waals surface area contributed by atoms with Gasteiger partial charge in [0.2, 0.25) is 5.91 Å². The number of likely N-dealkylation sites (tertiary alicyclic amines) is 1. The summed E-state index contributed by atoms with van der Waals surface area (Å²) in [4.78, 5) is 26.9. The van der Waals surface area contributed by atoms with Gasteiger partial charge in [-0.05, 0) is 85.5 Å². The molecule has 1 N–H and O–H groups in total. The number of rotatable bonds is 4. The zero-order valence-electron chi connectivity index (χ0n) is 16.7. The van der Waals surface area contributed by atoms with Gasteiger partial charge < -0.3 is 10.2 Å². The molecule has 2 atom stereocenters. The van der Waals surface area contributed by atoms with Crippen LogP contribution in [0.1, 0.15) is 46.8 Å². The average molecular weight is 490 g/mol. The predicted molar refractivity (Wildman–Crippen MR) is 120 cm³/mol. The summed E-state index contributed by atoms with van der Waals surface area (Å²) in [6.07, 6.45) is 2.37. The van der Waals surface area contributed by atoms with E-state index in [1.165, 1.54) is 9.13 Å². The van der Waals surface area contributed by atoms with Crippen LogP contribution in [-0.4, -0.2) is 35.3 Å². The standard InChI is InChI=1S/C23H27IN2O2/c1-15-10-16(2)12-19(11-15)23(28)26-9-8-21(25-17(3)27)14-22(26)13-18-4-6-20(24)7-5-18/h4-7,10-12,21-22H,8-9,13-14H2,1-3H3,(H,25,27)/t21-,22+/m0/s1. The van der Waals surface area contributed by atoms with E-state index in [-0.39, 0.29) is 23.9 Å². The van der Waals surface area contributed by atoms with E-state index in [2.05, 4.69) is 58.2 Å². The van der Waals surface area contributed by atoms with Crippen molar-refractivity contribution in [2.75, 3.05) is 6.54 Å². The molecular formula is C23H27IN2O2. The lowest BCUT2D eigenvalue weighted by molar-refractivity contribution is -0.120. The number of aryl methyl sites for hydroxylation is 2. The van der Waals surface area contributed by atoms with Crippen molar-refractivity contribution in [3.05, 3.63) is 68.3 Å². The Balaban J connectivity index is 1.84. The average Bonchev–Trinajstić information content (AvgIpc) is 2.62. The van der Waals surface area contributed by atoms with Crippen molar-refractivity contribution < 1.29 is 9.59 Å². The fourth-order valence-electron chi connectivity index (χ4n) is 4.09. The topological polar surface area (TPSA) is 49.4 Å². The van der Waals surface area contributed by atoms with Gasteiger partial charge in [-0.3, -0.25) is 9.59 Å². The first-order valence-electron chi connectivity index (χ1n) is 9.72. The molecule has 1 saturated heterocycles. The Morgan fingerprint density at radius 2 is 1.75 bits per heavy atom. The van der Waals surface area contributed by atoms with Crippen LogP contribution in [0.25, 0.3) is 0 Å². The molecule has 2 aromatic carbocycles. The number of amides is 2. The highest BCUT2D eigenvalue weighted by atomic mass is 127. The van der Waals surface area contributed by atoms with Crippen LogP contribution >= 0.6 is 22.6 Å². The molecule has 0 bridgehead atoms. The fraction of sp³-hybridized carbons (Fsp3) is 0.391. The van der Waals surface area contributed by atoms with Gasteiger partial charge in [0.05, 0.1) is 0 Å². The van der Waals surface area contributed by atoms with Gasteiger partial charge in [0.15, 0.2) is 0 Å². The van der Waals surface area contributed by atoms with Gasteiger partial charge in [0.25, 0.3) is 5.91 Å². The Labute approximate surface area is 180 Å². The van der Waals surface area contributed by atoms with Crippen LogP contribution in [0.3, 0.4) is 0 Å². The number of nitrogens with one attached hydrogen (secondary N) is 1. The minimum atomic E-state index is -0.00731. The molecule has 0 aliphatic carbocycles. The number of halogens is 1. The molecule has 1 aliphatic rings. The minimum absolute atomic E-state index is 0.00731. The summed E-state index contributed by atoms with van der Waals surface area (Å²) in [5.41, 5.74) is 4.17. The Kier molecular flexibility index (Phi) is 6.75. The summed E-state index contributed by atoms with van der Waals surface area (Å²) in [7, 11) is 0. The summed E-state index contributed by atoms with van der Waals surface area (Å²) < 4.78 is 1.20. The van der Waals surface area contributed by atoms with Gasteiger partial charge in [-0.15, -0.1) is 0 Å². The monoisotopic (exact) mass is 490 g/mol. The van der Waals surface area contributed by atoms with Crippen LogP contribution in [-0.2, 0) is 11.2 Å². The van der Waals surface area contributed by atoms with Crippen molar-refractivity contribution in [1.82, 2.24) is 10.2 Å². The quantitative estimate of drug-likeness (QED) is 0.652. The molecule has 5 heteroatoms. The van der Waals surface area contributed by atoms with E-state index in [0.29, 0.717) is 6.54 Å². The number of nitrogens with zero attached hydrogens (tertiary/aromatic N) is 1. The molecule has 3 rings (SSSR count). The van der Waals surface area contributed by atoms with Gasteiger partial charge in [-0.25, -0.2) is 0 Å². The van der Waals surface area contributed by atoms with Crippen molar-refractivity contribution in [3.63, 3.8) is 0 Å². The van der Waals surface area contributed by atoms with Crippen molar-refractivity contribution in [2.24, 2.45) is 0 Å². The van der Waals surface area contributed by atoms with Crippen LogP contribution in [0.5, 0.6) is 0 Å². The van der Waals surface area contributed by atoms with Crippen molar-refractivity contribution >= 4 is 34.4 Å². The first-order valence-corrected chi connectivity index (χ1v) is 10.8. The van der Waals surface area contributed by atoms with Gasteiger partial charge in [-0.1, -0.05) is 29.3 Å². The van der Waals surface area contributed by atoms with E-state index >= 15 is 0 Å². The Morgan fingerprint density at radius 3 is 2.36 bits per heavy atom. The first-order chi connectivity index (χ1) is 13.3. The second-order valence-corrected chi connectivity index (χ2v) is 9.03. The van der Waals surface area contributed by atoms with Gasteiger partial charge in [0.1, 0.15) is 0 Å². The zero-order valence-corrected chi connectivity index (χ0v) is 18.8. The summed E-state index contributed by atoms with van der Waals surface area (Å²) in [5.74, 6) is 0.0793. The first kappa shape index (κ1) is 20.8. The molecule has 0 radical (unpaired) electrons. The lowest BCUT2D eigenvalue weighted by Crippen LogP contribution is -2.52. The Bertz CT molecular complexity index is 843. The van der Waals surface area contributed by atoms with E-state index < -0.39 is 0 Å². The molecule has 1 aliphatic heterocycles. The molecule has 4 nitrogen and oxygen atoms in total. The van der Waals surface area contributed by atoms with Gasteiger partial charge >= 0.3 is 0 Å². The molecule has 1 fully saturated rings. The van der Waals surface area contributed by atoms with Crippen LogP contribution in [0.4, 0.5) is 0 Å². The molecule has 1 heterocycles. The predicted octanol–water partition coefficient (Wildman–Crippen LogP) is 4.26. The minimum Gasteiger partial charge on any atom is -0.353 e. The van der Waals surface area contributed by atoms with E-state index in [4.69, 9.17) is 0 Å². The molecule has 2 aromatic rings. The maximum Gasteiger partial charge on any atom is 0.254 e. The maximum absolute atomic E-state index is 13.3. The molecule has 0 spiro atoms. The van der Waals surface area contributed by atoms with E-state index in [1.54, 1.807) is 6.92 Å². The summed E-state index contributed by atoms with van der Waals surface area (Å²) in [6, 6.07) is 14.7. The normalized spacial score (nSPS) is 19.4. The second-order valence-electron chi connectivity index (χ2n) is 7.78. The molecule has 2 amide bonds. The number of hydrogen-bond acceptors (Lipinski definition) is 2. The van der Waals surface area contributed by atoms with Crippen molar-refractivity contribution in [3.8, 4) is 0 Å². The third-order valence-corrected chi connectivity index (χ3v) is 5.96. The van der Waals surface area contributed by atoms with Crippen LogP contribution in [0, 0.1) is 17.4 Å². The largest absolute Gasteiger partial charge is 0.353 e. The SMILES string of the molecule is CC(=O)N[C@H]1CCN(C(=O)c2cc(C)cc(C)c2)[C@H](Cc2ccc(I)cc2)C1. The second kappa shape index (κ2) is 9.07. The highest BCUT2D eigenvalue weighted by Gasteiger charge is 2.32. The summed E-state index contributed by atoms with van der Waals surface area (Å²) in [6.45, 7) is 6.26. The maximum atomic E-state index is 13.3. The van der Waals surface area contributed by atoms with Gasteiger partial charge in [-0.2, -0.15) is 0 Å². The van der Waals surface area contributed by atoms with Crippen LogP contribution < -0.4 is 5.32 Å². The Morgan fingerprint density at radius 1 is 1.11 bits per heavy atom. The number of carbonyl (C=O) groups excluding carboxylic acids is 2. The van der Waals surface area contributed by atoms with Crippen LogP contribution in [0.2, 0.25) is 0 Å². The highest BCUT2D eigenvalue weighted by Crippen LogP contribution is 2.24. The number of carbonyl (C=O) groups is 2. The molecule has 148 valence electrons. The summed E-state index contributed by atoms with van der Waals surface area (Å²) in [5, 5.41) is 3.05. The fourth-order valence-corrected chi connectivity index (χ4v) is 4.45.